The summed E-state index contributed by atoms with van der Waals surface area (Å²) in [5.41, 5.74) is 0.905. The van der Waals surface area contributed by atoms with E-state index in [2.05, 4.69) is 5.92 Å². The molecule has 0 fully saturated rings. The first-order chi connectivity index (χ1) is 5.07. The second-order valence-corrected chi connectivity index (χ2v) is 2.39. The molecule has 0 aromatic carbocycles. The van der Waals surface area contributed by atoms with E-state index >= 15 is 0 Å². The van der Waals surface area contributed by atoms with E-state index < -0.39 is 0 Å². The Bertz CT molecular complexity index is 209. The number of rotatable bonds is 2. The van der Waals surface area contributed by atoms with E-state index in [1.807, 2.05) is 13.8 Å². The van der Waals surface area contributed by atoms with Crippen LogP contribution < -0.4 is 5.84 Å². The SMILES string of the molecule is C#CCN(N)C(=O)C=C(C)C. The number of terminal acetylenes is 1. The van der Waals surface area contributed by atoms with E-state index in [1.54, 1.807) is 0 Å². The zero-order valence-corrected chi connectivity index (χ0v) is 6.79. The lowest BCUT2D eigenvalue weighted by Gasteiger charge is -2.09. The molecule has 0 aliphatic carbocycles. The van der Waals surface area contributed by atoms with Crippen molar-refractivity contribution in [2.75, 3.05) is 6.54 Å². The molecule has 0 radical (unpaired) electrons. The first kappa shape index (κ1) is 9.73. The van der Waals surface area contributed by atoms with Crippen LogP contribution in [0.1, 0.15) is 13.8 Å². The fraction of sp³-hybridized carbons (Fsp3) is 0.375. The predicted molar refractivity (Wildman–Crippen MR) is 44.2 cm³/mol. The number of hydrazine groups is 1. The molecule has 0 aliphatic heterocycles. The topological polar surface area (TPSA) is 46.3 Å². The molecule has 0 spiro atoms. The number of carbonyl (C=O) groups excluding carboxylic acids is 1. The van der Waals surface area contributed by atoms with Gasteiger partial charge in [-0.2, -0.15) is 0 Å². The van der Waals surface area contributed by atoms with Gasteiger partial charge in [-0.3, -0.25) is 9.80 Å². The monoisotopic (exact) mass is 152 g/mol. The molecular formula is C8H12N2O. The van der Waals surface area contributed by atoms with E-state index in [0.717, 1.165) is 10.6 Å². The molecule has 2 N–H and O–H groups in total. The fourth-order valence-electron chi connectivity index (χ4n) is 0.506. The van der Waals surface area contributed by atoms with E-state index in [4.69, 9.17) is 12.3 Å². The second kappa shape index (κ2) is 4.53. The van der Waals surface area contributed by atoms with Crippen LogP contribution in [0, 0.1) is 12.3 Å². The summed E-state index contributed by atoms with van der Waals surface area (Å²) < 4.78 is 0. The zero-order chi connectivity index (χ0) is 8.85. The van der Waals surface area contributed by atoms with Gasteiger partial charge in [0.15, 0.2) is 0 Å². The lowest BCUT2D eigenvalue weighted by atomic mass is 10.3. The Kier molecular flexibility index (Phi) is 4.01. The molecule has 0 atom stereocenters. The van der Waals surface area contributed by atoms with Gasteiger partial charge in [0.2, 0.25) is 0 Å². The maximum atomic E-state index is 11.0. The van der Waals surface area contributed by atoms with Crippen LogP contribution in [0.2, 0.25) is 0 Å². The molecule has 11 heavy (non-hydrogen) atoms. The molecular weight excluding hydrogens is 140 g/mol. The lowest BCUT2D eigenvalue weighted by Crippen LogP contribution is -2.36. The van der Waals surface area contributed by atoms with Gasteiger partial charge in [0, 0.05) is 6.08 Å². The van der Waals surface area contributed by atoms with E-state index in [0.29, 0.717) is 0 Å². The Morgan fingerprint density at radius 2 is 2.27 bits per heavy atom. The summed E-state index contributed by atoms with van der Waals surface area (Å²) in [6.07, 6.45) is 6.40. The molecule has 3 nitrogen and oxygen atoms in total. The molecule has 0 rings (SSSR count). The molecule has 0 aromatic rings. The number of hydrogen-bond acceptors (Lipinski definition) is 2. The molecule has 0 aliphatic rings. The van der Waals surface area contributed by atoms with Gasteiger partial charge in [-0.25, -0.2) is 5.84 Å². The number of allylic oxidation sites excluding steroid dienone is 1. The Hall–Kier alpha value is -1.27. The van der Waals surface area contributed by atoms with Crippen molar-refractivity contribution in [2.24, 2.45) is 5.84 Å². The van der Waals surface area contributed by atoms with Crippen molar-refractivity contribution in [3.63, 3.8) is 0 Å². The van der Waals surface area contributed by atoms with Gasteiger partial charge < -0.3 is 0 Å². The maximum absolute atomic E-state index is 11.0. The highest BCUT2D eigenvalue weighted by atomic mass is 16.2. The smallest absolute Gasteiger partial charge is 0.261 e. The minimum atomic E-state index is -0.261. The summed E-state index contributed by atoms with van der Waals surface area (Å²) in [4.78, 5) is 11.0. The minimum absolute atomic E-state index is 0.141. The van der Waals surface area contributed by atoms with Gasteiger partial charge in [0.1, 0.15) is 0 Å². The average Bonchev–Trinajstić information content (AvgIpc) is 1.86. The number of nitrogens with two attached hydrogens (primary N) is 1. The number of carbonyl (C=O) groups is 1. The molecule has 0 heterocycles. The third-order valence-corrected chi connectivity index (χ3v) is 0.957. The van der Waals surface area contributed by atoms with Crippen LogP contribution >= 0.6 is 0 Å². The van der Waals surface area contributed by atoms with E-state index in [-0.39, 0.29) is 12.5 Å². The molecule has 0 bridgehead atoms. The van der Waals surface area contributed by atoms with Gasteiger partial charge >= 0.3 is 0 Å². The van der Waals surface area contributed by atoms with E-state index in [9.17, 15) is 4.79 Å². The lowest BCUT2D eigenvalue weighted by molar-refractivity contribution is -0.125. The molecule has 0 aromatic heterocycles. The van der Waals surface area contributed by atoms with Crippen molar-refractivity contribution in [1.82, 2.24) is 5.01 Å². The summed E-state index contributed by atoms with van der Waals surface area (Å²) >= 11 is 0. The van der Waals surface area contributed by atoms with E-state index in [1.165, 1.54) is 6.08 Å². The minimum Gasteiger partial charge on any atom is -0.268 e. The molecule has 0 saturated heterocycles. The number of amides is 1. The third-order valence-electron chi connectivity index (χ3n) is 0.957. The highest BCUT2D eigenvalue weighted by Crippen LogP contribution is 1.90. The number of nitrogens with zero attached hydrogens (tertiary/aromatic N) is 1. The first-order valence-electron chi connectivity index (χ1n) is 3.22. The van der Waals surface area contributed by atoms with Gasteiger partial charge in [-0.1, -0.05) is 11.5 Å². The Balaban J connectivity index is 4.06. The van der Waals surface area contributed by atoms with Crippen LogP contribution in [0.3, 0.4) is 0 Å². The van der Waals surface area contributed by atoms with Crippen LogP contribution in [-0.2, 0) is 4.79 Å². The summed E-state index contributed by atoms with van der Waals surface area (Å²) in [5.74, 6) is 7.28. The van der Waals surface area contributed by atoms with Crippen LogP contribution in [0.25, 0.3) is 0 Å². The Morgan fingerprint density at radius 1 is 1.73 bits per heavy atom. The largest absolute Gasteiger partial charge is 0.268 e. The van der Waals surface area contributed by atoms with Gasteiger partial charge in [0.25, 0.3) is 5.91 Å². The summed E-state index contributed by atoms with van der Waals surface area (Å²) in [6, 6.07) is 0. The molecule has 60 valence electrons. The van der Waals surface area contributed by atoms with Crippen molar-refractivity contribution >= 4 is 5.91 Å². The van der Waals surface area contributed by atoms with Crippen LogP contribution in [0.4, 0.5) is 0 Å². The molecule has 1 amide bonds. The summed E-state index contributed by atoms with van der Waals surface area (Å²) in [5, 5.41) is 0.993. The average molecular weight is 152 g/mol. The summed E-state index contributed by atoms with van der Waals surface area (Å²) in [7, 11) is 0. The molecule has 0 saturated carbocycles. The summed E-state index contributed by atoms with van der Waals surface area (Å²) in [6.45, 7) is 3.78. The van der Waals surface area contributed by atoms with Gasteiger partial charge in [0.05, 0.1) is 6.54 Å². The highest BCUT2D eigenvalue weighted by molar-refractivity contribution is 5.87. The highest BCUT2D eigenvalue weighted by Gasteiger charge is 2.02. The van der Waals surface area contributed by atoms with Crippen LogP contribution in [0.5, 0.6) is 0 Å². The van der Waals surface area contributed by atoms with Crippen molar-refractivity contribution < 1.29 is 4.79 Å². The molecule has 0 unspecified atom stereocenters. The van der Waals surface area contributed by atoms with Gasteiger partial charge in [-0.05, 0) is 13.8 Å². The van der Waals surface area contributed by atoms with Crippen molar-refractivity contribution in [1.29, 1.82) is 0 Å². The van der Waals surface area contributed by atoms with Crippen LogP contribution in [0.15, 0.2) is 11.6 Å². The van der Waals surface area contributed by atoms with Gasteiger partial charge in [-0.15, -0.1) is 6.42 Å². The Labute approximate surface area is 66.8 Å². The Morgan fingerprint density at radius 3 is 2.64 bits per heavy atom. The first-order valence-corrected chi connectivity index (χ1v) is 3.22. The standard InChI is InChI=1S/C8H12N2O/c1-4-5-10(9)8(11)6-7(2)3/h1,6H,5,9H2,2-3H3. The maximum Gasteiger partial charge on any atom is 0.261 e. The third kappa shape index (κ3) is 4.18. The van der Waals surface area contributed by atoms with Crippen molar-refractivity contribution in [2.45, 2.75) is 13.8 Å². The normalized spacial score (nSPS) is 8.18. The van der Waals surface area contributed by atoms with Crippen molar-refractivity contribution in [3.05, 3.63) is 11.6 Å². The fourth-order valence-corrected chi connectivity index (χ4v) is 0.506. The zero-order valence-electron chi connectivity index (χ0n) is 6.79. The van der Waals surface area contributed by atoms with Crippen molar-refractivity contribution in [3.8, 4) is 12.3 Å². The number of hydrogen-bond donors (Lipinski definition) is 1. The van der Waals surface area contributed by atoms with Crippen LogP contribution in [-0.4, -0.2) is 17.5 Å². The molecule has 3 heteroatoms. The quantitative estimate of drug-likeness (QED) is 0.203. The second-order valence-electron chi connectivity index (χ2n) is 2.39. The predicted octanol–water partition coefficient (Wildman–Crippen LogP) is 0.288.